The van der Waals surface area contributed by atoms with E-state index in [4.69, 9.17) is 0 Å². The summed E-state index contributed by atoms with van der Waals surface area (Å²) in [6.07, 6.45) is -8.81. The minimum atomic E-state index is -4.93. The number of benzene rings is 1. The van der Waals surface area contributed by atoms with Crippen LogP contribution in [0.25, 0.3) is 5.69 Å². The standard InChI is InChI=1S/C11H6F6N2O/c12-10(13,14)6-3-7(11(15,16)17)5-8(4-6)19-2-1-9(20)18-19/h1-5H,(H,18,20). The maximum absolute atomic E-state index is 12.6. The van der Waals surface area contributed by atoms with E-state index in [0.717, 1.165) is 16.9 Å². The molecule has 108 valence electrons. The highest BCUT2D eigenvalue weighted by atomic mass is 19.4. The zero-order valence-electron chi connectivity index (χ0n) is 9.51. The predicted octanol–water partition coefficient (Wildman–Crippen LogP) is 3.20. The third-order valence-electron chi connectivity index (χ3n) is 2.46. The van der Waals surface area contributed by atoms with Gasteiger partial charge in [-0.25, -0.2) is 0 Å². The molecule has 1 heterocycles. The molecule has 0 saturated carbocycles. The Morgan fingerprint density at radius 2 is 1.40 bits per heavy atom. The van der Waals surface area contributed by atoms with E-state index in [1.165, 1.54) is 0 Å². The van der Waals surface area contributed by atoms with Crippen molar-refractivity contribution in [2.75, 3.05) is 0 Å². The van der Waals surface area contributed by atoms with Gasteiger partial charge >= 0.3 is 12.4 Å². The number of halogens is 6. The summed E-state index contributed by atoms with van der Waals surface area (Å²) in [5, 5.41) is 2.08. The van der Waals surface area contributed by atoms with Gasteiger partial charge in [0, 0.05) is 12.3 Å². The molecule has 0 spiro atoms. The van der Waals surface area contributed by atoms with Gasteiger partial charge < -0.3 is 0 Å². The predicted molar refractivity (Wildman–Crippen MR) is 56.4 cm³/mol. The van der Waals surface area contributed by atoms with Crippen LogP contribution < -0.4 is 5.56 Å². The first-order valence-electron chi connectivity index (χ1n) is 5.15. The Labute approximate surface area is 107 Å². The average molecular weight is 296 g/mol. The molecule has 0 bridgehead atoms. The minimum Gasteiger partial charge on any atom is -0.268 e. The number of hydrogen-bond acceptors (Lipinski definition) is 1. The lowest BCUT2D eigenvalue weighted by Crippen LogP contribution is -2.13. The maximum Gasteiger partial charge on any atom is 0.416 e. The molecule has 0 aliphatic carbocycles. The van der Waals surface area contributed by atoms with Gasteiger partial charge in [0.1, 0.15) is 0 Å². The Morgan fingerprint density at radius 1 is 0.900 bits per heavy atom. The molecule has 3 nitrogen and oxygen atoms in total. The summed E-state index contributed by atoms with van der Waals surface area (Å²) in [7, 11) is 0. The molecule has 0 radical (unpaired) electrons. The second-order valence-corrected chi connectivity index (χ2v) is 3.93. The fourth-order valence-electron chi connectivity index (χ4n) is 1.56. The Balaban J connectivity index is 2.66. The van der Waals surface area contributed by atoms with Gasteiger partial charge in [0.05, 0.1) is 16.8 Å². The molecular weight excluding hydrogens is 290 g/mol. The molecule has 0 atom stereocenters. The Kier molecular flexibility index (Phi) is 3.15. The highest BCUT2D eigenvalue weighted by Gasteiger charge is 2.37. The smallest absolute Gasteiger partial charge is 0.268 e. The molecule has 1 N–H and O–H groups in total. The van der Waals surface area contributed by atoms with Crippen molar-refractivity contribution < 1.29 is 26.3 Å². The summed E-state index contributed by atoms with van der Waals surface area (Å²) in [6, 6.07) is 2.04. The van der Waals surface area contributed by atoms with Crippen molar-refractivity contribution in [3.05, 3.63) is 51.9 Å². The van der Waals surface area contributed by atoms with Crippen molar-refractivity contribution in [1.82, 2.24) is 9.78 Å². The van der Waals surface area contributed by atoms with Crippen LogP contribution in [0.1, 0.15) is 11.1 Å². The summed E-state index contributed by atoms with van der Waals surface area (Å²) in [4.78, 5) is 10.9. The summed E-state index contributed by atoms with van der Waals surface area (Å²) in [5.41, 5.74) is -3.97. The van der Waals surface area contributed by atoms with Crippen LogP contribution in [-0.2, 0) is 12.4 Å². The quantitative estimate of drug-likeness (QED) is 0.806. The van der Waals surface area contributed by atoms with Crippen molar-refractivity contribution in [2.45, 2.75) is 12.4 Å². The molecule has 1 aromatic carbocycles. The van der Waals surface area contributed by atoms with Crippen LogP contribution in [0.15, 0.2) is 35.3 Å². The fraction of sp³-hybridized carbons (Fsp3) is 0.182. The Hall–Kier alpha value is -2.19. The fourth-order valence-corrected chi connectivity index (χ4v) is 1.56. The molecule has 2 rings (SSSR count). The highest BCUT2D eigenvalue weighted by molar-refractivity contribution is 5.42. The summed E-state index contributed by atoms with van der Waals surface area (Å²) >= 11 is 0. The van der Waals surface area contributed by atoms with Gasteiger partial charge in [-0.05, 0) is 18.2 Å². The molecule has 0 fully saturated rings. The van der Waals surface area contributed by atoms with E-state index >= 15 is 0 Å². The lowest BCUT2D eigenvalue weighted by atomic mass is 10.1. The van der Waals surface area contributed by atoms with Gasteiger partial charge in [0.25, 0.3) is 5.56 Å². The molecule has 2 aromatic rings. The van der Waals surface area contributed by atoms with Crippen LogP contribution >= 0.6 is 0 Å². The first kappa shape index (κ1) is 14.2. The molecule has 20 heavy (non-hydrogen) atoms. The lowest BCUT2D eigenvalue weighted by molar-refractivity contribution is -0.143. The number of hydrogen-bond donors (Lipinski definition) is 1. The molecule has 0 unspecified atom stereocenters. The van der Waals surface area contributed by atoms with Crippen molar-refractivity contribution in [3.63, 3.8) is 0 Å². The van der Waals surface area contributed by atoms with Crippen molar-refractivity contribution >= 4 is 0 Å². The van der Waals surface area contributed by atoms with E-state index in [9.17, 15) is 31.1 Å². The van der Waals surface area contributed by atoms with Crippen molar-refractivity contribution in [2.24, 2.45) is 0 Å². The molecule has 0 saturated heterocycles. The number of rotatable bonds is 1. The van der Waals surface area contributed by atoms with E-state index in [-0.39, 0.29) is 6.07 Å². The van der Waals surface area contributed by atoms with Gasteiger partial charge in [0.15, 0.2) is 0 Å². The number of aromatic nitrogens is 2. The van der Waals surface area contributed by atoms with Gasteiger partial charge in [-0.3, -0.25) is 14.6 Å². The van der Waals surface area contributed by atoms with E-state index in [2.05, 4.69) is 5.10 Å². The topological polar surface area (TPSA) is 37.8 Å². The lowest BCUT2D eigenvalue weighted by Gasteiger charge is -2.14. The van der Waals surface area contributed by atoms with Crippen LogP contribution in [0.5, 0.6) is 0 Å². The first-order chi connectivity index (χ1) is 9.07. The van der Waals surface area contributed by atoms with Crippen LogP contribution in [0, 0.1) is 0 Å². The maximum atomic E-state index is 12.6. The molecule has 1 aromatic heterocycles. The molecule has 0 amide bonds. The van der Waals surface area contributed by atoms with Crippen molar-refractivity contribution in [3.8, 4) is 5.69 Å². The number of aromatic amines is 1. The zero-order chi connectivity index (χ0) is 15.1. The third-order valence-corrected chi connectivity index (χ3v) is 2.46. The molecule has 0 aliphatic heterocycles. The second-order valence-electron chi connectivity index (χ2n) is 3.93. The van der Waals surface area contributed by atoms with Crippen LogP contribution in [0.2, 0.25) is 0 Å². The van der Waals surface area contributed by atoms with Gasteiger partial charge in [-0.15, -0.1) is 0 Å². The number of nitrogens with one attached hydrogen (secondary N) is 1. The third kappa shape index (κ3) is 2.86. The van der Waals surface area contributed by atoms with Crippen LogP contribution in [0.4, 0.5) is 26.3 Å². The zero-order valence-corrected chi connectivity index (χ0v) is 9.51. The highest BCUT2D eigenvalue weighted by Crippen LogP contribution is 2.36. The van der Waals surface area contributed by atoms with Crippen LogP contribution in [0.3, 0.4) is 0 Å². The number of nitrogens with zero attached hydrogens (tertiary/aromatic N) is 1. The van der Waals surface area contributed by atoms with Gasteiger partial charge in [-0.2, -0.15) is 26.3 Å². The van der Waals surface area contributed by atoms with Crippen LogP contribution in [-0.4, -0.2) is 9.78 Å². The van der Waals surface area contributed by atoms with Gasteiger partial charge in [0.2, 0.25) is 0 Å². The van der Waals surface area contributed by atoms with E-state index in [1.807, 2.05) is 0 Å². The molecule has 9 heteroatoms. The normalized spacial score (nSPS) is 12.7. The average Bonchev–Trinajstić information content (AvgIpc) is 2.73. The van der Waals surface area contributed by atoms with Crippen molar-refractivity contribution in [1.29, 1.82) is 0 Å². The minimum absolute atomic E-state index is 0.0190. The Morgan fingerprint density at radius 3 is 1.75 bits per heavy atom. The summed E-state index contributed by atoms with van der Waals surface area (Å²) in [6.45, 7) is 0. The van der Waals surface area contributed by atoms with E-state index < -0.39 is 34.7 Å². The first-order valence-corrected chi connectivity index (χ1v) is 5.15. The Bertz CT molecular complexity index is 647. The van der Waals surface area contributed by atoms with E-state index in [0.29, 0.717) is 12.1 Å². The monoisotopic (exact) mass is 296 g/mol. The second kappa shape index (κ2) is 4.43. The van der Waals surface area contributed by atoms with Gasteiger partial charge in [-0.1, -0.05) is 0 Å². The number of alkyl halides is 6. The number of H-pyrrole nitrogens is 1. The summed E-state index contributed by atoms with van der Waals surface area (Å²) in [5.74, 6) is 0. The van der Waals surface area contributed by atoms with E-state index in [1.54, 1.807) is 0 Å². The molecular formula is C11H6F6N2O. The SMILES string of the molecule is O=c1ccn(-c2cc(C(F)(F)F)cc(C(F)(F)F)c2)[nH]1. The largest absolute Gasteiger partial charge is 0.416 e. The summed E-state index contributed by atoms with van der Waals surface area (Å²) < 4.78 is 76.4. The molecule has 0 aliphatic rings.